The molecule has 0 bridgehead atoms. The Balaban J connectivity index is 2.84. The molecule has 0 aromatic carbocycles. The Morgan fingerprint density at radius 3 is 2.63 bits per heavy atom. The molecule has 0 radical (unpaired) electrons. The van der Waals surface area contributed by atoms with E-state index < -0.39 is 17.9 Å². The third-order valence-electron chi connectivity index (χ3n) is 3.04. The van der Waals surface area contributed by atoms with Gasteiger partial charge in [0, 0.05) is 13.1 Å². The van der Waals surface area contributed by atoms with Gasteiger partial charge in [0.25, 0.3) is 5.91 Å². The van der Waals surface area contributed by atoms with E-state index in [9.17, 15) is 9.59 Å². The summed E-state index contributed by atoms with van der Waals surface area (Å²) in [6.07, 6.45) is 0.656. The van der Waals surface area contributed by atoms with Crippen LogP contribution >= 0.6 is 0 Å². The van der Waals surface area contributed by atoms with Gasteiger partial charge in [-0.05, 0) is 5.92 Å². The van der Waals surface area contributed by atoms with Gasteiger partial charge in [-0.3, -0.25) is 4.79 Å². The van der Waals surface area contributed by atoms with Crippen molar-refractivity contribution in [3.05, 3.63) is 11.8 Å². The maximum atomic E-state index is 12.0. The summed E-state index contributed by atoms with van der Waals surface area (Å²) in [6.45, 7) is 3.65. The molecule has 1 aromatic rings. The largest absolute Gasteiger partial charge is 0.481 e. The van der Waals surface area contributed by atoms with Crippen molar-refractivity contribution in [2.75, 3.05) is 7.11 Å². The summed E-state index contributed by atoms with van der Waals surface area (Å²) in [4.78, 5) is 23.1. The molecule has 0 saturated carbocycles. The molecule has 1 amide bonds. The number of carboxylic acid groups (broad SMARTS) is 1. The van der Waals surface area contributed by atoms with Crippen molar-refractivity contribution in [2.24, 2.45) is 13.0 Å². The van der Waals surface area contributed by atoms with E-state index in [1.165, 1.54) is 17.9 Å². The van der Waals surface area contributed by atoms with Crippen LogP contribution in [0, 0.1) is 5.92 Å². The highest BCUT2D eigenvalue weighted by Gasteiger charge is 2.26. The third kappa shape index (κ3) is 3.46. The number of ether oxygens (including phenoxy) is 1. The molecule has 0 aliphatic carbocycles. The van der Waals surface area contributed by atoms with Crippen LogP contribution in [-0.2, 0) is 11.8 Å². The minimum atomic E-state index is -1.05. The molecule has 7 nitrogen and oxygen atoms in total. The van der Waals surface area contributed by atoms with Gasteiger partial charge in [-0.1, -0.05) is 20.3 Å². The number of hydrogen-bond acceptors (Lipinski definition) is 4. The van der Waals surface area contributed by atoms with Crippen LogP contribution in [0.5, 0.6) is 5.88 Å². The molecule has 0 fully saturated rings. The summed E-state index contributed by atoms with van der Waals surface area (Å²) >= 11 is 0. The zero-order valence-corrected chi connectivity index (χ0v) is 11.5. The fraction of sp³-hybridized carbons (Fsp3) is 0.583. The van der Waals surface area contributed by atoms with E-state index in [-0.39, 0.29) is 11.6 Å². The first kappa shape index (κ1) is 15.0. The Bertz CT molecular complexity index is 470. The molecule has 1 rings (SSSR count). The topological polar surface area (TPSA) is 93.5 Å². The van der Waals surface area contributed by atoms with Gasteiger partial charge in [-0.15, -0.1) is 0 Å². The Morgan fingerprint density at radius 2 is 2.21 bits per heavy atom. The van der Waals surface area contributed by atoms with Gasteiger partial charge in [0.05, 0.1) is 7.11 Å². The van der Waals surface area contributed by atoms with Crippen LogP contribution in [-0.4, -0.2) is 39.9 Å². The van der Waals surface area contributed by atoms with Crippen LogP contribution in [0.1, 0.15) is 30.8 Å². The number of carbonyl (C=O) groups excluding carboxylic acids is 1. The molecule has 19 heavy (non-hydrogen) atoms. The quantitative estimate of drug-likeness (QED) is 0.791. The van der Waals surface area contributed by atoms with Crippen molar-refractivity contribution in [2.45, 2.75) is 26.3 Å². The number of nitrogens with zero attached hydrogens (tertiary/aromatic N) is 2. The van der Waals surface area contributed by atoms with Crippen molar-refractivity contribution in [3.8, 4) is 5.88 Å². The zero-order chi connectivity index (χ0) is 14.6. The molecule has 2 N–H and O–H groups in total. The smallest absolute Gasteiger partial charge is 0.326 e. The Hall–Kier alpha value is -2.05. The average molecular weight is 269 g/mol. The molecule has 106 valence electrons. The van der Waals surface area contributed by atoms with E-state index in [1.54, 1.807) is 14.0 Å². The standard InChI is InChI=1S/C12H19N3O4/c1-5-7(2)10(12(17)18)13-11(16)8-6-9(19-4)15(3)14-8/h6-7,10H,5H2,1-4H3,(H,13,16)(H,17,18). The second-order valence-electron chi connectivity index (χ2n) is 4.37. The van der Waals surface area contributed by atoms with E-state index in [2.05, 4.69) is 10.4 Å². The van der Waals surface area contributed by atoms with Gasteiger partial charge >= 0.3 is 5.97 Å². The number of methoxy groups -OCH3 is 1. The summed E-state index contributed by atoms with van der Waals surface area (Å²) < 4.78 is 6.41. The Morgan fingerprint density at radius 1 is 1.58 bits per heavy atom. The van der Waals surface area contributed by atoms with Crippen LogP contribution in [0.4, 0.5) is 0 Å². The first-order valence-electron chi connectivity index (χ1n) is 6.02. The van der Waals surface area contributed by atoms with Gasteiger partial charge in [-0.25, -0.2) is 9.48 Å². The number of aromatic nitrogens is 2. The highest BCUT2D eigenvalue weighted by atomic mass is 16.5. The molecule has 2 atom stereocenters. The predicted octanol–water partition coefficient (Wildman–Crippen LogP) is 0.658. The summed E-state index contributed by atoms with van der Waals surface area (Å²) in [5.41, 5.74) is 0.133. The fourth-order valence-electron chi connectivity index (χ4n) is 1.65. The summed E-state index contributed by atoms with van der Waals surface area (Å²) in [5.74, 6) is -1.30. The average Bonchev–Trinajstić information content (AvgIpc) is 2.75. The number of carboxylic acids is 1. The van der Waals surface area contributed by atoms with Crippen molar-refractivity contribution in [3.63, 3.8) is 0 Å². The lowest BCUT2D eigenvalue weighted by Crippen LogP contribution is -2.45. The molecule has 1 heterocycles. The number of hydrogen-bond donors (Lipinski definition) is 2. The summed E-state index contributed by atoms with van der Waals surface area (Å²) in [5, 5.41) is 15.6. The van der Waals surface area contributed by atoms with E-state index in [0.29, 0.717) is 12.3 Å². The number of amides is 1. The molecule has 1 aromatic heterocycles. The monoisotopic (exact) mass is 269 g/mol. The van der Waals surface area contributed by atoms with Crippen molar-refractivity contribution in [1.29, 1.82) is 0 Å². The third-order valence-corrected chi connectivity index (χ3v) is 3.04. The molecular weight excluding hydrogens is 250 g/mol. The van der Waals surface area contributed by atoms with Gasteiger partial charge in [-0.2, -0.15) is 5.10 Å². The maximum Gasteiger partial charge on any atom is 0.326 e. The van der Waals surface area contributed by atoms with Gasteiger partial charge < -0.3 is 15.2 Å². The number of aryl methyl sites for hydroxylation is 1. The van der Waals surface area contributed by atoms with Crippen molar-refractivity contribution >= 4 is 11.9 Å². The molecule has 0 spiro atoms. The lowest BCUT2D eigenvalue weighted by Gasteiger charge is -2.19. The Labute approximate surface area is 111 Å². The minimum Gasteiger partial charge on any atom is -0.481 e. The Kier molecular flexibility index (Phi) is 4.91. The molecule has 7 heteroatoms. The number of aliphatic carboxylic acids is 1. The SMILES string of the molecule is CCC(C)C(NC(=O)c1cc(OC)n(C)n1)C(=O)O. The lowest BCUT2D eigenvalue weighted by molar-refractivity contribution is -0.140. The van der Waals surface area contributed by atoms with Crippen LogP contribution < -0.4 is 10.1 Å². The summed E-state index contributed by atoms with van der Waals surface area (Å²) in [6, 6.07) is 0.538. The van der Waals surface area contributed by atoms with Crippen molar-refractivity contribution < 1.29 is 19.4 Å². The molecule has 2 unspecified atom stereocenters. The summed E-state index contributed by atoms with van der Waals surface area (Å²) in [7, 11) is 3.11. The van der Waals surface area contributed by atoms with E-state index in [1.807, 2.05) is 6.92 Å². The van der Waals surface area contributed by atoms with Crippen LogP contribution in [0.2, 0.25) is 0 Å². The fourth-order valence-corrected chi connectivity index (χ4v) is 1.65. The lowest BCUT2D eigenvalue weighted by atomic mass is 9.99. The van der Waals surface area contributed by atoms with E-state index in [0.717, 1.165) is 0 Å². The maximum absolute atomic E-state index is 12.0. The highest BCUT2D eigenvalue weighted by molar-refractivity contribution is 5.95. The molecule has 0 aliphatic rings. The second-order valence-corrected chi connectivity index (χ2v) is 4.37. The van der Waals surface area contributed by atoms with Gasteiger partial charge in [0.15, 0.2) is 5.69 Å². The van der Waals surface area contributed by atoms with Crippen molar-refractivity contribution in [1.82, 2.24) is 15.1 Å². The molecular formula is C12H19N3O4. The van der Waals surface area contributed by atoms with Gasteiger partial charge in [0.1, 0.15) is 6.04 Å². The van der Waals surface area contributed by atoms with Crippen LogP contribution in [0.3, 0.4) is 0 Å². The second kappa shape index (κ2) is 6.21. The van der Waals surface area contributed by atoms with E-state index in [4.69, 9.17) is 9.84 Å². The van der Waals surface area contributed by atoms with Crippen LogP contribution in [0.15, 0.2) is 6.07 Å². The number of rotatable bonds is 6. The van der Waals surface area contributed by atoms with Gasteiger partial charge in [0.2, 0.25) is 5.88 Å². The predicted molar refractivity (Wildman–Crippen MR) is 68.1 cm³/mol. The molecule has 0 aliphatic heterocycles. The first-order valence-corrected chi connectivity index (χ1v) is 6.02. The normalized spacial score (nSPS) is 13.7. The zero-order valence-electron chi connectivity index (χ0n) is 11.5. The highest BCUT2D eigenvalue weighted by Crippen LogP contribution is 2.13. The minimum absolute atomic E-state index is 0.133. The number of nitrogens with one attached hydrogen (secondary N) is 1. The van der Waals surface area contributed by atoms with Crippen LogP contribution in [0.25, 0.3) is 0 Å². The number of carbonyl (C=O) groups is 2. The first-order chi connectivity index (χ1) is 8.90. The van der Waals surface area contributed by atoms with E-state index >= 15 is 0 Å². The molecule has 0 saturated heterocycles.